The first-order valence-corrected chi connectivity index (χ1v) is 9.49. The Hall–Kier alpha value is -0.800. The van der Waals surface area contributed by atoms with Crippen molar-refractivity contribution in [2.75, 3.05) is 44.2 Å². The van der Waals surface area contributed by atoms with E-state index in [1.165, 1.54) is 4.90 Å². The Morgan fingerprint density at radius 3 is 2.46 bits per heavy atom. The van der Waals surface area contributed by atoms with Gasteiger partial charge in [0.2, 0.25) is 5.91 Å². The van der Waals surface area contributed by atoms with E-state index < -0.39 is 0 Å². The molecule has 1 atom stereocenters. The van der Waals surface area contributed by atoms with Crippen LogP contribution >= 0.6 is 31.9 Å². The molecule has 0 bridgehead atoms. The number of rotatable bonds is 4. The van der Waals surface area contributed by atoms with Gasteiger partial charge in [0.1, 0.15) is 0 Å². The topological polar surface area (TPSA) is 64.1 Å². The predicted molar refractivity (Wildman–Crippen MR) is 97.8 cm³/mol. The molecule has 8 heteroatoms. The number of nitrogens with zero attached hydrogens (tertiary/aromatic N) is 3. The van der Waals surface area contributed by atoms with Gasteiger partial charge in [0.05, 0.1) is 24.8 Å². The maximum Gasteiger partial charge on any atom is 0.251 e. The summed E-state index contributed by atoms with van der Waals surface area (Å²) in [4.78, 5) is 30.8. The van der Waals surface area contributed by atoms with Crippen LogP contribution in [0.4, 0.5) is 5.69 Å². The summed E-state index contributed by atoms with van der Waals surface area (Å²) in [6.45, 7) is 3.88. The van der Waals surface area contributed by atoms with Gasteiger partial charge in [0, 0.05) is 41.7 Å². The second-order valence-electron chi connectivity index (χ2n) is 5.98. The smallest absolute Gasteiger partial charge is 0.251 e. The molecule has 0 unspecified atom stereocenters. The van der Waals surface area contributed by atoms with Crippen LogP contribution in [0.2, 0.25) is 0 Å². The van der Waals surface area contributed by atoms with Gasteiger partial charge >= 0.3 is 0 Å². The first-order chi connectivity index (χ1) is 11.5. The van der Waals surface area contributed by atoms with Crippen molar-refractivity contribution in [1.29, 1.82) is 0 Å². The first kappa shape index (κ1) is 18.0. The van der Waals surface area contributed by atoms with Crippen LogP contribution in [0.25, 0.3) is 0 Å². The molecule has 2 heterocycles. The van der Waals surface area contributed by atoms with E-state index in [1.54, 1.807) is 6.07 Å². The van der Waals surface area contributed by atoms with Crippen LogP contribution in [0.5, 0.6) is 0 Å². The molecule has 1 aromatic carbocycles. The molecule has 2 amide bonds. The zero-order valence-corrected chi connectivity index (χ0v) is 16.3. The van der Waals surface area contributed by atoms with Crippen LogP contribution in [0.15, 0.2) is 27.1 Å². The molecule has 2 saturated heterocycles. The standard InChI is InChI=1S/C16H19Br2N3O3/c17-11-1-2-13(12(18)9-11)21-15(23)10-14(16(21)24)20-5-3-19(4-6-20)7-8-22/h1-2,9,14,22H,3-8,10H2/t14-/m1/s1. The lowest BCUT2D eigenvalue weighted by Gasteiger charge is -2.36. The van der Waals surface area contributed by atoms with Crippen LogP contribution in [0, 0.1) is 0 Å². The summed E-state index contributed by atoms with van der Waals surface area (Å²) < 4.78 is 1.60. The van der Waals surface area contributed by atoms with Crippen LogP contribution < -0.4 is 4.90 Å². The molecule has 2 aliphatic rings. The second kappa shape index (κ2) is 7.61. The predicted octanol–water partition coefficient (Wildman–Crippen LogP) is 1.45. The van der Waals surface area contributed by atoms with Gasteiger partial charge < -0.3 is 5.11 Å². The maximum atomic E-state index is 12.8. The average Bonchev–Trinajstić information content (AvgIpc) is 2.84. The normalized spacial score (nSPS) is 23.3. The molecule has 2 fully saturated rings. The van der Waals surface area contributed by atoms with E-state index in [0.29, 0.717) is 16.7 Å². The molecule has 2 aliphatic heterocycles. The lowest BCUT2D eigenvalue weighted by atomic mass is 10.1. The Morgan fingerprint density at radius 2 is 1.83 bits per heavy atom. The number of β-amino-alcohol motifs (C(OH)–C–C–N with tert-alkyl or cyclic N) is 1. The minimum Gasteiger partial charge on any atom is -0.395 e. The van der Waals surface area contributed by atoms with E-state index in [4.69, 9.17) is 5.11 Å². The van der Waals surface area contributed by atoms with Gasteiger partial charge in [-0.1, -0.05) is 15.9 Å². The molecule has 6 nitrogen and oxygen atoms in total. The van der Waals surface area contributed by atoms with Gasteiger partial charge in [0.25, 0.3) is 5.91 Å². The van der Waals surface area contributed by atoms with Crippen molar-refractivity contribution in [2.45, 2.75) is 12.5 Å². The summed E-state index contributed by atoms with van der Waals surface area (Å²) in [5.74, 6) is -0.315. The Morgan fingerprint density at radius 1 is 1.12 bits per heavy atom. The third-order valence-electron chi connectivity index (χ3n) is 4.54. The molecule has 1 aromatic rings. The number of hydrogen-bond acceptors (Lipinski definition) is 5. The van der Waals surface area contributed by atoms with Crippen molar-refractivity contribution in [3.63, 3.8) is 0 Å². The summed E-state index contributed by atoms with van der Waals surface area (Å²) in [7, 11) is 0. The highest BCUT2D eigenvalue weighted by molar-refractivity contribution is 9.11. The van der Waals surface area contributed by atoms with E-state index >= 15 is 0 Å². The highest BCUT2D eigenvalue weighted by Crippen LogP contribution is 2.33. The van der Waals surface area contributed by atoms with Crippen molar-refractivity contribution in [3.05, 3.63) is 27.1 Å². The SMILES string of the molecule is O=C1C[C@@H](N2CCN(CCO)CC2)C(=O)N1c1ccc(Br)cc1Br. The number of carbonyl (C=O) groups is 2. The maximum absolute atomic E-state index is 12.8. The number of piperazine rings is 1. The quantitative estimate of drug-likeness (QED) is 0.689. The summed E-state index contributed by atoms with van der Waals surface area (Å²) in [6, 6.07) is 5.04. The van der Waals surface area contributed by atoms with Crippen molar-refractivity contribution in [2.24, 2.45) is 0 Å². The minimum atomic E-state index is -0.385. The van der Waals surface area contributed by atoms with Gasteiger partial charge in [-0.15, -0.1) is 0 Å². The molecule has 0 spiro atoms. The summed E-state index contributed by atoms with van der Waals surface area (Å²) in [5.41, 5.74) is 0.592. The lowest BCUT2D eigenvalue weighted by Crippen LogP contribution is -2.53. The number of imide groups is 1. The van der Waals surface area contributed by atoms with Gasteiger partial charge in [-0.05, 0) is 34.1 Å². The molecule has 0 radical (unpaired) electrons. The first-order valence-electron chi connectivity index (χ1n) is 7.90. The highest BCUT2D eigenvalue weighted by atomic mass is 79.9. The van der Waals surface area contributed by atoms with Crippen molar-refractivity contribution >= 4 is 49.4 Å². The number of aliphatic hydroxyl groups excluding tert-OH is 1. The Kier molecular flexibility index (Phi) is 5.71. The molecule has 1 N–H and O–H groups in total. The Balaban J connectivity index is 1.73. The zero-order chi connectivity index (χ0) is 17.3. The van der Waals surface area contributed by atoms with E-state index in [0.717, 1.165) is 30.7 Å². The van der Waals surface area contributed by atoms with Crippen molar-refractivity contribution in [3.8, 4) is 0 Å². The molecule has 130 valence electrons. The fourth-order valence-electron chi connectivity index (χ4n) is 3.26. The van der Waals surface area contributed by atoms with Crippen LogP contribution in [-0.4, -0.2) is 72.1 Å². The number of halogens is 2. The molecule has 3 rings (SSSR count). The van der Waals surface area contributed by atoms with Crippen molar-refractivity contribution in [1.82, 2.24) is 9.80 Å². The number of hydrogen-bond donors (Lipinski definition) is 1. The molecule has 0 saturated carbocycles. The second-order valence-corrected chi connectivity index (χ2v) is 7.75. The largest absolute Gasteiger partial charge is 0.395 e. The van der Waals surface area contributed by atoms with Gasteiger partial charge in [-0.3, -0.25) is 19.4 Å². The summed E-state index contributed by atoms with van der Waals surface area (Å²) in [5, 5.41) is 9.01. The van der Waals surface area contributed by atoms with E-state index in [1.807, 2.05) is 12.1 Å². The lowest BCUT2D eigenvalue weighted by molar-refractivity contribution is -0.123. The molecular weight excluding hydrogens is 442 g/mol. The summed E-state index contributed by atoms with van der Waals surface area (Å²) in [6.07, 6.45) is 0.224. The average molecular weight is 461 g/mol. The Labute approximate surface area is 157 Å². The van der Waals surface area contributed by atoms with Crippen molar-refractivity contribution < 1.29 is 14.7 Å². The monoisotopic (exact) mass is 459 g/mol. The highest BCUT2D eigenvalue weighted by Gasteiger charge is 2.43. The van der Waals surface area contributed by atoms with Crippen LogP contribution in [0.1, 0.15) is 6.42 Å². The third-order valence-corrected chi connectivity index (χ3v) is 5.67. The molecule has 24 heavy (non-hydrogen) atoms. The minimum absolute atomic E-state index is 0.145. The third kappa shape index (κ3) is 3.57. The molecule has 0 aliphatic carbocycles. The van der Waals surface area contributed by atoms with E-state index in [-0.39, 0.29) is 30.9 Å². The number of benzene rings is 1. The van der Waals surface area contributed by atoms with Crippen LogP contribution in [-0.2, 0) is 9.59 Å². The van der Waals surface area contributed by atoms with E-state index in [2.05, 4.69) is 41.7 Å². The van der Waals surface area contributed by atoms with Gasteiger partial charge in [-0.2, -0.15) is 0 Å². The van der Waals surface area contributed by atoms with E-state index in [9.17, 15) is 9.59 Å². The number of amides is 2. The number of carbonyl (C=O) groups excluding carboxylic acids is 2. The van der Waals surface area contributed by atoms with Gasteiger partial charge in [-0.25, -0.2) is 4.90 Å². The summed E-state index contributed by atoms with van der Waals surface area (Å²) >= 11 is 6.81. The number of anilines is 1. The van der Waals surface area contributed by atoms with Crippen LogP contribution in [0.3, 0.4) is 0 Å². The molecule has 0 aromatic heterocycles. The fraction of sp³-hybridized carbons (Fsp3) is 0.500. The zero-order valence-electron chi connectivity index (χ0n) is 13.1. The Bertz CT molecular complexity index is 647. The van der Waals surface area contributed by atoms with Gasteiger partial charge in [0.15, 0.2) is 0 Å². The number of aliphatic hydroxyl groups is 1. The molecular formula is C16H19Br2N3O3. The fourth-order valence-corrected chi connectivity index (χ4v) is 4.48.